The Morgan fingerprint density at radius 1 is 1.25 bits per heavy atom. The van der Waals surface area contributed by atoms with Crippen LogP contribution in [0.25, 0.3) is 0 Å². The van der Waals surface area contributed by atoms with E-state index in [0.29, 0.717) is 0 Å². The molecule has 12 heavy (non-hydrogen) atoms. The molecule has 0 amide bonds. The van der Waals surface area contributed by atoms with Gasteiger partial charge in [-0.25, -0.2) is 0 Å². The average Bonchev–Trinajstić information content (AvgIpc) is 2.32. The van der Waals surface area contributed by atoms with E-state index < -0.39 is 0 Å². The lowest BCUT2D eigenvalue weighted by atomic mass is 10.0. The van der Waals surface area contributed by atoms with Gasteiger partial charge in [-0.2, -0.15) is 0 Å². The number of alkyl halides is 1. The number of fused-ring (bicyclic) bond motifs is 2. The van der Waals surface area contributed by atoms with Crippen molar-refractivity contribution in [3.05, 3.63) is 0 Å². The summed E-state index contributed by atoms with van der Waals surface area (Å²) >= 11 is 2.64. The standard InChI is InChI=1S/C10H18IN/c1-2-5-12-9-3-4-10(12)7-8(11)6-9/h8-10H,2-7H2,1H3/t8-,9+,10-. The van der Waals surface area contributed by atoms with Crippen molar-refractivity contribution in [2.75, 3.05) is 6.54 Å². The molecular formula is C10H18IN. The Kier molecular flexibility index (Phi) is 2.95. The van der Waals surface area contributed by atoms with Crippen LogP contribution in [0.15, 0.2) is 0 Å². The Morgan fingerprint density at radius 3 is 2.33 bits per heavy atom. The van der Waals surface area contributed by atoms with Gasteiger partial charge in [0.2, 0.25) is 0 Å². The lowest BCUT2D eigenvalue weighted by Crippen LogP contribution is -2.43. The van der Waals surface area contributed by atoms with Crippen LogP contribution < -0.4 is 0 Å². The first kappa shape index (κ1) is 9.25. The summed E-state index contributed by atoms with van der Waals surface area (Å²) in [5.74, 6) is 0. The Balaban J connectivity index is 1.99. The van der Waals surface area contributed by atoms with Crippen molar-refractivity contribution < 1.29 is 0 Å². The van der Waals surface area contributed by atoms with Crippen molar-refractivity contribution in [3.8, 4) is 0 Å². The van der Waals surface area contributed by atoms with E-state index in [0.717, 1.165) is 16.0 Å². The molecule has 0 aromatic heterocycles. The molecule has 0 saturated carbocycles. The monoisotopic (exact) mass is 279 g/mol. The zero-order chi connectivity index (χ0) is 8.55. The van der Waals surface area contributed by atoms with Crippen molar-refractivity contribution in [2.24, 2.45) is 0 Å². The largest absolute Gasteiger partial charge is 0.297 e. The lowest BCUT2D eigenvalue weighted by Gasteiger charge is -2.36. The molecule has 0 aliphatic carbocycles. The summed E-state index contributed by atoms with van der Waals surface area (Å²) in [5, 5.41) is 0. The highest BCUT2D eigenvalue weighted by atomic mass is 127. The van der Waals surface area contributed by atoms with Gasteiger partial charge in [-0.3, -0.25) is 4.90 Å². The molecule has 2 heteroatoms. The Morgan fingerprint density at radius 2 is 1.83 bits per heavy atom. The first-order valence-electron chi connectivity index (χ1n) is 5.21. The predicted molar refractivity (Wildman–Crippen MR) is 60.8 cm³/mol. The van der Waals surface area contributed by atoms with E-state index in [9.17, 15) is 0 Å². The van der Waals surface area contributed by atoms with Gasteiger partial charge in [0.1, 0.15) is 0 Å². The predicted octanol–water partition coefficient (Wildman–Crippen LogP) is 2.83. The maximum absolute atomic E-state index is 2.77. The minimum atomic E-state index is 0.950. The number of nitrogens with zero attached hydrogens (tertiary/aromatic N) is 1. The maximum atomic E-state index is 2.77. The summed E-state index contributed by atoms with van der Waals surface area (Å²) in [4.78, 5) is 2.77. The number of hydrogen-bond donors (Lipinski definition) is 0. The first-order valence-corrected chi connectivity index (χ1v) is 6.45. The molecule has 0 unspecified atom stereocenters. The van der Waals surface area contributed by atoms with Gasteiger partial charge < -0.3 is 0 Å². The molecule has 0 spiro atoms. The molecule has 0 aromatic carbocycles. The van der Waals surface area contributed by atoms with E-state index in [4.69, 9.17) is 0 Å². The van der Waals surface area contributed by atoms with Crippen LogP contribution in [0.4, 0.5) is 0 Å². The fourth-order valence-corrected chi connectivity index (χ4v) is 4.01. The second kappa shape index (κ2) is 3.82. The second-order valence-corrected chi connectivity index (χ2v) is 5.95. The second-order valence-electron chi connectivity index (χ2n) is 4.19. The normalized spacial score (nSPS) is 42.0. The topological polar surface area (TPSA) is 3.24 Å². The van der Waals surface area contributed by atoms with Crippen molar-refractivity contribution >= 4 is 22.6 Å². The number of hydrogen-bond acceptors (Lipinski definition) is 1. The zero-order valence-corrected chi connectivity index (χ0v) is 9.96. The molecule has 2 fully saturated rings. The molecule has 0 aromatic rings. The van der Waals surface area contributed by atoms with E-state index in [1.165, 1.54) is 38.6 Å². The summed E-state index contributed by atoms with van der Waals surface area (Å²) in [7, 11) is 0. The highest BCUT2D eigenvalue weighted by Gasteiger charge is 2.38. The van der Waals surface area contributed by atoms with Gasteiger partial charge >= 0.3 is 0 Å². The number of piperidine rings is 1. The third-order valence-corrected chi connectivity index (χ3v) is 4.33. The summed E-state index contributed by atoms with van der Waals surface area (Å²) in [6.45, 7) is 3.65. The molecule has 2 heterocycles. The van der Waals surface area contributed by atoms with E-state index in [-0.39, 0.29) is 0 Å². The molecule has 2 saturated heterocycles. The van der Waals surface area contributed by atoms with Crippen LogP contribution in [0.5, 0.6) is 0 Å². The average molecular weight is 279 g/mol. The Hall–Kier alpha value is 0.690. The molecular weight excluding hydrogens is 261 g/mol. The van der Waals surface area contributed by atoms with Crippen LogP contribution in [-0.2, 0) is 0 Å². The lowest BCUT2D eigenvalue weighted by molar-refractivity contribution is 0.147. The van der Waals surface area contributed by atoms with Crippen LogP contribution in [0.3, 0.4) is 0 Å². The van der Waals surface area contributed by atoms with Crippen LogP contribution in [-0.4, -0.2) is 27.5 Å². The van der Waals surface area contributed by atoms with Crippen LogP contribution in [0.1, 0.15) is 39.0 Å². The van der Waals surface area contributed by atoms with Crippen LogP contribution >= 0.6 is 22.6 Å². The molecule has 2 bridgehead atoms. The molecule has 2 aliphatic heterocycles. The van der Waals surface area contributed by atoms with Gasteiger partial charge in [0, 0.05) is 16.0 Å². The zero-order valence-electron chi connectivity index (χ0n) is 7.80. The fourth-order valence-electron chi connectivity index (χ4n) is 2.83. The number of halogens is 1. The third-order valence-electron chi connectivity index (χ3n) is 3.31. The molecule has 0 radical (unpaired) electrons. The van der Waals surface area contributed by atoms with Gasteiger partial charge in [0.15, 0.2) is 0 Å². The highest BCUT2D eigenvalue weighted by molar-refractivity contribution is 14.1. The third kappa shape index (κ3) is 1.65. The molecule has 1 nitrogen and oxygen atoms in total. The van der Waals surface area contributed by atoms with Gasteiger partial charge in [-0.05, 0) is 38.6 Å². The van der Waals surface area contributed by atoms with Gasteiger partial charge in [-0.15, -0.1) is 0 Å². The van der Waals surface area contributed by atoms with Crippen LogP contribution in [0.2, 0.25) is 0 Å². The Bertz CT molecular complexity index is 146. The summed E-state index contributed by atoms with van der Waals surface area (Å²) < 4.78 is 0.966. The summed E-state index contributed by atoms with van der Waals surface area (Å²) in [6, 6.07) is 1.90. The van der Waals surface area contributed by atoms with E-state index in [2.05, 4.69) is 34.4 Å². The van der Waals surface area contributed by atoms with Crippen LogP contribution in [0, 0.1) is 0 Å². The van der Waals surface area contributed by atoms with Gasteiger partial charge in [0.25, 0.3) is 0 Å². The molecule has 2 aliphatic rings. The first-order chi connectivity index (χ1) is 5.81. The van der Waals surface area contributed by atoms with Crippen molar-refractivity contribution in [2.45, 2.75) is 55.0 Å². The number of rotatable bonds is 2. The van der Waals surface area contributed by atoms with E-state index in [1.807, 2.05) is 0 Å². The molecule has 0 N–H and O–H groups in total. The van der Waals surface area contributed by atoms with E-state index in [1.54, 1.807) is 0 Å². The minimum Gasteiger partial charge on any atom is -0.297 e. The smallest absolute Gasteiger partial charge is 0.0139 e. The SMILES string of the molecule is CCCN1[C@@H]2CC[C@H]1C[C@@H](I)C2. The van der Waals surface area contributed by atoms with Crippen molar-refractivity contribution in [1.29, 1.82) is 0 Å². The van der Waals surface area contributed by atoms with Gasteiger partial charge in [0.05, 0.1) is 0 Å². The molecule has 2 rings (SSSR count). The maximum Gasteiger partial charge on any atom is 0.0139 e. The van der Waals surface area contributed by atoms with Gasteiger partial charge in [-0.1, -0.05) is 29.5 Å². The molecule has 70 valence electrons. The molecule has 3 atom stereocenters. The fraction of sp³-hybridized carbons (Fsp3) is 1.00. The van der Waals surface area contributed by atoms with Crippen molar-refractivity contribution in [1.82, 2.24) is 4.90 Å². The summed E-state index contributed by atoms with van der Waals surface area (Å²) in [5.41, 5.74) is 0. The summed E-state index contributed by atoms with van der Waals surface area (Å²) in [6.07, 6.45) is 7.20. The highest BCUT2D eigenvalue weighted by Crippen LogP contribution is 2.38. The Labute approximate surface area is 89.0 Å². The quantitative estimate of drug-likeness (QED) is 0.555. The minimum absolute atomic E-state index is 0.950. The van der Waals surface area contributed by atoms with E-state index >= 15 is 0 Å². The van der Waals surface area contributed by atoms with Crippen molar-refractivity contribution in [3.63, 3.8) is 0 Å².